The lowest BCUT2D eigenvalue weighted by molar-refractivity contribution is -0.124. The summed E-state index contributed by atoms with van der Waals surface area (Å²) >= 11 is 9.05. The number of halogens is 3. The van der Waals surface area contributed by atoms with Crippen molar-refractivity contribution in [3.8, 4) is 0 Å². The Morgan fingerprint density at radius 3 is 2.71 bits per heavy atom. The fraction of sp³-hybridized carbons (Fsp3) is 0.429. The van der Waals surface area contributed by atoms with E-state index in [9.17, 15) is 9.18 Å². The van der Waals surface area contributed by atoms with Gasteiger partial charge < -0.3 is 9.88 Å². The molecule has 0 radical (unpaired) electrons. The predicted molar refractivity (Wildman–Crippen MR) is 84.9 cm³/mol. The Balaban J connectivity index is 2.55. The molecule has 1 atom stereocenters. The summed E-state index contributed by atoms with van der Waals surface area (Å²) in [6, 6.07) is 2.46. The summed E-state index contributed by atoms with van der Waals surface area (Å²) in [4.78, 5) is 16.6. The molecular weight excluding hydrogens is 361 g/mol. The third kappa shape index (κ3) is 3.21. The molecule has 0 saturated heterocycles. The Kier molecular flexibility index (Phi) is 4.88. The lowest BCUT2D eigenvalue weighted by atomic mass is 10.2. The molecule has 4 nitrogen and oxygen atoms in total. The zero-order chi connectivity index (χ0) is 15.7. The second-order valence-electron chi connectivity index (χ2n) is 5.13. The fourth-order valence-corrected chi connectivity index (χ4v) is 2.71. The maximum Gasteiger partial charge on any atom is 0.243 e. The van der Waals surface area contributed by atoms with Gasteiger partial charge in [-0.05, 0) is 42.8 Å². The standard InChI is InChI=1S/C14H16BrClFN3O/c1-7(2)18-14(21)8(3)20-12-5-10(17)9(15)4-11(12)19-13(20)6-16/h4-5,7-8H,6H2,1-3H3,(H,18,21). The van der Waals surface area contributed by atoms with Crippen LogP contribution in [0.2, 0.25) is 0 Å². The van der Waals surface area contributed by atoms with Crippen molar-refractivity contribution >= 4 is 44.5 Å². The van der Waals surface area contributed by atoms with E-state index in [0.717, 1.165) is 0 Å². The number of aromatic nitrogens is 2. The molecule has 0 spiro atoms. The van der Waals surface area contributed by atoms with Crippen LogP contribution in [-0.2, 0) is 10.7 Å². The summed E-state index contributed by atoms with van der Waals surface area (Å²) in [5.74, 6) is 0.128. The third-order valence-corrected chi connectivity index (χ3v) is 3.97. The van der Waals surface area contributed by atoms with E-state index in [1.54, 1.807) is 17.6 Å². The van der Waals surface area contributed by atoms with Crippen LogP contribution in [0.1, 0.15) is 32.6 Å². The van der Waals surface area contributed by atoms with Crippen LogP contribution in [0.5, 0.6) is 0 Å². The Labute approximate surface area is 135 Å². The van der Waals surface area contributed by atoms with Crippen LogP contribution in [0.3, 0.4) is 0 Å². The number of carbonyl (C=O) groups is 1. The average Bonchev–Trinajstić information content (AvgIpc) is 2.75. The van der Waals surface area contributed by atoms with Gasteiger partial charge in [0.2, 0.25) is 5.91 Å². The monoisotopic (exact) mass is 375 g/mol. The highest BCUT2D eigenvalue weighted by Gasteiger charge is 2.22. The molecule has 1 aromatic heterocycles. The number of nitrogens with one attached hydrogen (secondary N) is 1. The van der Waals surface area contributed by atoms with Crippen molar-refractivity contribution in [2.24, 2.45) is 0 Å². The average molecular weight is 377 g/mol. The molecule has 0 aliphatic carbocycles. The van der Waals surface area contributed by atoms with Crippen molar-refractivity contribution in [3.63, 3.8) is 0 Å². The molecule has 2 rings (SSSR count). The Morgan fingerprint density at radius 2 is 2.14 bits per heavy atom. The van der Waals surface area contributed by atoms with E-state index in [1.165, 1.54) is 6.07 Å². The molecule has 0 saturated carbocycles. The quantitative estimate of drug-likeness (QED) is 0.826. The van der Waals surface area contributed by atoms with Gasteiger partial charge in [0.05, 0.1) is 21.4 Å². The van der Waals surface area contributed by atoms with Gasteiger partial charge in [-0.1, -0.05) is 0 Å². The number of amides is 1. The zero-order valence-electron chi connectivity index (χ0n) is 12.0. The minimum atomic E-state index is -0.522. The zero-order valence-corrected chi connectivity index (χ0v) is 14.3. The Bertz CT molecular complexity index is 686. The molecule has 1 aromatic carbocycles. The molecule has 114 valence electrons. The largest absolute Gasteiger partial charge is 0.352 e. The molecule has 1 N–H and O–H groups in total. The van der Waals surface area contributed by atoms with Gasteiger partial charge in [-0.25, -0.2) is 9.37 Å². The number of benzene rings is 1. The van der Waals surface area contributed by atoms with E-state index in [-0.39, 0.29) is 17.8 Å². The number of carbonyl (C=O) groups excluding carboxylic acids is 1. The van der Waals surface area contributed by atoms with E-state index >= 15 is 0 Å². The number of hydrogen-bond acceptors (Lipinski definition) is 2. The summed E-state index contributed by atoms with van der Waals surface area (Å²) in [5.41, 5.74) is 1.15. The first-order valence-corrected chi connectivity index (χ1v) is 7.90. The normalized spacial score (nSPS) is 12.9. The lowest BCUT2D eigenvalue weighted by Gasteiger charge is -2.18. The molecule has 1 amide bonds. The van der Waals surface area contributed by atoms with Crippen molar-refractivity contribution in [2.75, 3.05) is 0 Å². The van der Waals surface area contributed by atoms with E-state index < -0.39 is 11.9 Å². The van der Waals surface area contributed by atoms with E-state index in [1.807, 2.05) is 13.8 Å². The summed E-state index contributed by atoms with van der Waals surface area (Å²) in [5, 5.41) is 2.84. The summed E-state index contributed by atoms with van der Waals surface area (Å²) < 4.78 is 15.8. The molecule has 0 aliphatic rings. The van der Waals surface area contributed by atoms with E-state index in [4.69, 9.17) is 11.6 Å². The molecule has 1 unspecified atom stereocenters. The topological polar surface area (TPSA) is 46.9 Å². The smallest absolute Gasteiger partial charge is 0.243 e. The van der Waals surface area contributed by atoms with Gasteiger partial charge in [0.1, 0.15) is 17.7 Å². The van der Waals surface area contributed by atoms with Gasteiger partial charge in [-0.15, -0.1) is 11.6 Å². The van der Waals surface area contributed by atoms with Crippen LogP contribution in [0.15, 0.2) is 16.6 Å². The van der Waals surface area contributed by atoms with Crippen molar-refractivity contribution in [1.82, 2.24) is 14.9 Å². The van der Waals surface area contributed by atoms with Gasteiger partial charge in [-0.2, -0.15) is 0 Å². The minimum Gasteiger partial charge on any atom is -0.352 e. The highest BCUT2D eigenvalue weighted by molar-refractivity contribution is 9.10. The van der Waals surface area contributed by atoms with Crippen LogP contribution in [0, 0.1) is 5.82 Å². The van der Waals surface area contributed by atoms with Gasteiger partial charge in [-0.3, -0.25) is 4.79 Å². The number of nitrogens with zero attached hydrogens (tertiary/aromatic N) is 2. The van der Waals surface area contributed by atoms with Crippen LogP contribution >= 0.6 is 27.5 Å². The lowest BCUT2D eigenvalue weighted by Crippen LogP contribution is -2.36. The molecule has 1 heterocycles. The maximum atomic E-state index is 13.8. The van der Waals surface area contributed by atoms with Crippen LogP contribution in [0.4, 0.5) is 4.39 Å². The molecule has 2 aromatic rings. The van der Waals surface area contributed by atoms with Crippen LogP contribution < -0.4 is 5.32 Å². The van der Waals surface area contributed by atoms with Crippen molar-refractivity contribution in [2.45, 2.75) is 38.7 Å². The van der Waals surface area contributed by atoms with Gasteiger partial charge in [0, 0.05) is 12.1 Å². The number of alkyl halides is 1. The molecule has 0 bridgehead atoms. The molecule has 0 fully saturated rings. The number of imidazole rings is 1. The minimum absolute atomic E-state index is 0.0278. The molecule has 0 aliphatic heterocycles. The Morgan fingerprint density at radius 1 is 1.48 bits per heavy atom. The van der Waals surface area contributed by atoms with E-state index in [0.29, 0.717) is 21.3 Å². The first kappa shape index (κ1) is 16.2. The van der Waals surface area contributed by atoms with Gasteiger partial charge >= 0.3 is 0 Å². The van der Waals surface area contributed by atoms with Crippen molar-refractivity contribution in [3.05, 3.63) is 28.2 Å². The van der Waals surface area contributed by atoms with Crippen molar-refractivity contribution in [1.29, 1.82) is 0 Å². The number of rotatable bonds is 4. The Hall–Kier alpha value is -1.14. The highest BCUT2D eigenvalue weighted by Crippen LogP contribution is 2.27. The van der Waals surface area contributed by atoms with Crippen LogP contribution in [0.25, 0.3) is 11.0 Å². The number of fused-ring (bicyclic) bond motifs is 1. The number of hydrogen-bond donors (Lipinski definition) is 1. The second kappa shape index (κ2) is 6.32. The molecule has 7 heteroatoms. The summed E-state index contributed by atoms with van der Waals surface area (Å²) in [6.45, 7) is 5.51. The summed E-state index contributed by atoms with van der Waals surface area (Å²) in [7, 11) is 0. The van der Waals surface area contributed by atoms with E-state index in [2.05, 4.69) is 26.2 Å². The van der Waals surface area contributed by atoms with Crippen molar-refractivity contribution < 1.29 is 9.18 Å². The molecule has 21 heavy (non-hydrogen) atoms. The SMILES string of the molecule is CC(C)NC(=O)C(C)n1c(CCl)nc2cc(Br)c(F)cc21. The maximum absolute atomic E-state index is 13.8. The fourth-order valence-electron chi connectivity index (χ4n) is 2.19. The summed E-state index contributed by atoms with van der Waals surface area (Å²) in [6.07, 6.45) is 0. The second-order valence-corrected chi connectivity index (χ2v) is 6.25. The first-order valence-electron chi connectivity index (χ1n) is 6.57. The van der Waals surface area contributed by atoms with Gasteiger partial charge in [0.15, 0.2) is 0 Å². The van der Waals surface area contributed by atoms with Crippen LogP contribution in [-0.4, -0.2) is 21.5 Å². The first-order chi connectivity index (χ1) is 9.85. The van der Waals surface area contributed by atoms with Gasteiger partial charge in [0.25, 0.3) is 0 Å². The predicted octanol–water partition coefficient (Wildman–Crippen LogP) is 3.76. The highest BCUT2D eigenvalue weighted by atomic mass is 79.9. The third-order valence-electron chi connectivity index (χ3n) is 3.12. The molecular formula is C14H16BrClFN3O.